The Balaban J connectivity index is 1.31. The van der Waals surface area contributed by atoms with Gasteiger partial charge in [0.15, 0.2) is 0 Å². The third kappa shape index (κ3) is 4.16. The molecule has 0 aliphatic heterocycles. The molecule has 220 valence electrons. The molecule has 7 aromatic carbocycles. The predicted molar refractivity (Wildman–Crippen MR) is 204 cm³/mol. The van der Waals surface area contributed by atoms with E-state index in [1.54, 1.807) is 0 Å². The number of hydrogen-bond donors (Lipinski definition) is 0. The maximum atomic E-state index is 4.59. The number of rotatable bonds is 5. The van der Waals surface area contributed by atoms with Crippen molar-refractivity contribution in [3.05, 3.63) is 150 Å². The molecular weight excluding hydrogens is 669 g/mol. The summed E-state index contributed by atoms with van der Waals surface area (Å²) in [6.07, 6.45) is 2.95. The fourth-order valence-corrected chi connectivity index (χ4v) is 8.56. The zero-order valence-corrected chi connectivity index (χ0v) is 28.1. The van der Waals surface area contributed by atoms with Crippen molar-refractivity contribution in [3.8, 4) is 44.6 Å². The Morgan fingerprint density at radius 1 is 0.543 bits per heavy atom. The van der Waals surface area contributed by atoms with Gasteiger partial charge in [0.25, 0.3) is 0 Å². The second-order valence-corrected chi connectivity index (χ2v) is 14.2. The van der Waals surface area contributed by atoms with E-state index in [9.17, 15) is 0 Å². The summed E-state index contributed by atoms with van der Waals surface area (Å²) in [6.45, 7) is 4.74. The molecule has 2 heteroatoms. The van der Waals surface area contributed by atoms with Crippen LogP contribution in [0.3, 0.4) is 0 Å². The van der Waals surface area contributed by atoms with Crippen LogP contribution in [0.2, 0.25) is 0 Å². The van der Waals surface area contributed by atoms with Gasteiger partial charge in [-0.15, -0.1) is 0 Å². The molecule has 1 nitrogen and oxygen atoms in total. The van der Waals surface area contributed by atoms with E-state index in [1.807, 2.05) is 18.3 Å². The average Bonchev–Trinajstić information content (AvgIpc) is 3.33. The number of fused-ring (bicyclic) bond motifs is 3. The number of hydrogen-bond acceptors (Lipinski definition) is 1. The van der Waals surface area contributed by atoms with E-state index in [-0.39, 0.29) is 5.41 Å². The Morgan fingerprint density at radius 3 is 1.91 bits per heavy atom. The van der Waals surface area contributed by atoms with Crippen molar-refractivity contribution in [3.63, 3.8) is 0 Å². The van der Waals surface area contributed by atoms with Gasteiger partial charge in [-0.05, 0) is 113 Å². The molecule has 0 fully saturated rings. The molecule has 0 radical (unpaired) electrons. The summed E-state index contributed by atoms with van der Waals surface area (Å²) < 4.78 is 1.12. The first kappa shape index (κ1) is 27.7. The van der Waals surface area contributed by atoms with Crippen LogP contribution in [0.5, 0.6) is 0 Å². The largest absolute Gasteiger partial charge is 0.256 e. The summed E-state index contributed by atoms with van der Waals surface area (Å²) in [4.78, 5) is 4.59. The molecule has 1 aromatic heterocycles. The van der Waals surface area contributed by atoms with Crippen LogP contribution >= 0.6 is 22.6 Å². The van der Waals surface area contributed by atoms with Crippen LogP contribution in [-0.4, -0.2) is 9.41 Å². The van der Waals surface area contributed by atoms with Crippen molar-refractivity contribution in [1.29, 1.82) is 0 Å². The van der Waals surface area contributed by atoms with E-state index in [4.69, 9.17) is 0 Å². The number of aromatic nitrogens is 1. The first-order valence-electron chi connectivity index (χ1n) is 16.1. The SMILES string of the molecule is CC1(C)c2ccccc2-c2ccc(-c3cc(-c4ccc(-c5ccccn5)cc4)c4ccc5cc(CCI)cc6ccc3c4c56)cc21. The molecule has 0 saturated carbocycles. The first-order chi connectivity index (χ1) is 22.5. The second kappa shape index (κ2) is 10.5. The summed E-state index contributed by atoms with van der Waals surface area (Å²) in [5, 5.41) is 8.01. The highest BCUT2D eigenvalue weighted by molar-refractivity contribution is 14.1. The van der Waals surface area contributed by atoms with Gasteiger partial charge in [0, 0.05) is 21.6 Å². The normalized spacial score (nSPS) is 13.5. The number of pyridine rings is 1. The Labute approximate surface area is 283 Å². The monoisotopic (exact) mass is 701 g/mol. The summed E-state index contributed by atoms with van der Waals surface area (Å²) in [6, 6.07) is 47.8. The predicted octanol–water partition coefficient (Wildman–Crippen LogP) is 12.3. The average molecular weight is 702 g/mol. The summed E-state index contributed by atoms with van der Waals surface area (Å²) in [5.74, 6) is 0. The van der Waals surface area contributed by atoms with E-state index in [0.29, 0.717) is 0 Å². The molecule has 1 aliphatic carbocycles. The lowest BCUT2D eigenvalue weighted by atomic mass is 9.80. The number of alkyl halides is 1. The third-order valence-electron chi connectivity index (χ3n) is 10.2. The topological polar surface area (TPSA) is 12.9 Å². The van der Waals surface area contributed by atoms with Gasteiger partial charge in [-0.2, -0.15) is 0 Å². The van der Waals surface area contributed by atoms with Crippen LogP contribution in [0.25, 0.3) is 77.0 Å². The molecule has 0 saturated heterocycles. The highest BCUT2D eigenvalue weighted by atomic mass is 127. The van der Waals surface area contributed by atoms with Crippen molar-refractivity contribution in [2.45, 2.75) is 25.7 Å². The minimum Gasteiger partial charge on any atom is -0.256 e. The molecular formula is C44H32IN. The molecule has 0 N–H and O–H groups in total. The summed E-state index contributed by atoms with van der Waals surface area (Å²) >= 11 is 2.49. The Kier molecular flexibility index (Phi) is 6.33. The Morgan fingerprint density at radius 2 is 1.20 bits per heavy atom. The van der Waals surface area contributed by atoms with Crippen molar-refractivity contribution in [1.82, 2.24) is 4.98 Å². The lowest BCUT2D eigenvalue weighted by molar-refractivity contribution is 0.660. The maximum Gasteiger partial charge on any atom is 0.0701 e. The van der Waals surface area contributed by atoms with Crippen molar-refractivity contribution < 1.29 is 0 Å². The number of nitrogens with zero attached hydrogens (tertiary/aromatic N) is 1. The van der Waals surface area contributed by atoms with Gasteiger partial charge in [-0.25, -0.2) is 0 Å². The Hall–Kier alpha value is -4.54. The summed E-state index contributed by atoms with van der Waals surface area (Å²) in [5.41, 5.74) is 14.1. The van der Waals surface area contributed by atoms with Gasteiger partial charge in [0.05, 0.1) is 5.69 Å². The fraction of sp³-hybridized carbons (Fsp3) is 0.114. The number of halogens is 1. The molecule has 1 aliphatic rings. The zero-order chi connectivity index (χ0) is 31.0. The van der Waals surface area contributed by atoms with Crippen LogP contribution < -0.4 is 0 Å². The van der Waals surface area contributed by atoms with E-state index in [0.717, 1.165) is 22.1 Å². The standard InChI is InChI=1S/C44H32IN/c1-44(2)39-8-4-3-7-33(39)34-17-14-30(25-40(34)44)38-26-37(28-10-12-29(13-11-28)41-9-5-6-22-46-41)35-18-15-31-23-27(20-21-45)24-32-16-19-36(38)43(35)42(31)32/h3-19,22-26H,20-21H2,1-2H3. The Bertz CT molecular complexity index is 2420. The molecule has 46 heavy (non-hydrogen) atoms. The van der Waals surface area contributed by atoms with E-state index < -0.39 is 0 Å². The molecule has 1 heterocycles. The van der Waals surface area contributed by atoms with Crippen LogP contribution in [0.1, 0.15) is 30.5 Å². The lowest BCUT2D eigenvalue weighted by Crippen LogP contribution is -2.14. The minimum atomic E-state index is -0.0507. The smallest absolute Gasteiger partial charge is 0.0701 e. The van der Waals surface area contributed by atoms with Gasteiger partial charge in [0.1, 0.15) is 0 Å². The van der Waals surface area contributed by atoms with Gasteiger partial charge in [-0.3, -0.25) is 4.98 Å². The zero-order valence-electron chi connectivity index (χ0n) is 25.9. The van der Waals surface area contributed by atoms with E-state index in [2.05, 4.69) is 157 Å². The summed E-state index contributed by atoms with van der Waals surface area (Å²) in [7, 11) is 0. The number of benzene rings is 7. The molecule has 9 rings (SSSR count). The van der Waals surface area contributed by atoms with Crippen LogP contribution in [0.4, 0.5) is 0 Å². The van der Waals surface area contributed by atoms with Gasteiger partial charge in [0.2, 0.25) is 0 Å². The maximum absolute atomic E-state index is 4.59. The van der Waals surface area contributed by atoms with Gasteiger partial charge < -0.3 is 0 Å². The van der Waals surface area contributed by atoms with Crippen molar-refractivity contribution >= 4 is 54.9 Å². The molecule has 0 atom stereocenters. The van der Waals surface area contributed by atoms with E-state index in [1.165, 1.54) is 82.4 Å². The highest BCUT2D eigenvalue weighted by Crippen LogP contribution is 2.51. The molecule has 0 spiro atoms. The lowest BCUT2D eigenvalue weighted by Gasteiger charge is -2.23. The molecule has 0 unspecified atom stereocenters. The molecule has 0 amide bonds. The van der Waals surface area contributed by atoms with Crippen LogP contribution in [0, 0.1) is 0 Å². The second-order valence-electron chi connectivity index (χ2n) is 13.2. The van der Waals surface area contributed by atoms with Crippen LogP contribution in [0.15, 0.2) is 134 Å². The van der Waals surface area contributed by atoms with Crippen molar-refractivity contribution in [2.24, 2.45) is 0 Å². The molecule has 0 bridgehead atoms. The third-order valence-corrected chi connectivity index (χ3v) is 10.7. The van der Waals surface area contributed by atoms with Crippen molar-refractivity contribution in [2.75, 3.05) is 4.43 Å². The minimum absolute atomic E-state index is 0.0507. The number of aryl methyl sites for hydroxylation is 1. The van der Waals surface area contributed by atoms with Crippen LogP contribution in [-0.2, 0) is 11.8 Å². The quantitative estimate of drug-likeness (QED) is 0.0989. The highest BCUT2D eigenvalue weighted by Gasteiger charge is 2.35. The van der Waals surface area contributed by atoms with Gasteiger partial charge in [-0.1, -0.05) is 140 Å². The fourth-order valence-electron chi connectivity index (χ4n) is 7.94. The van der Waals surface area contributed by atoms with E-state index >= 15 is 0 Å². The van der Waals surface area contributed by atoms with Gasteiger partial charge >= 0.3 is 0 Å². The first-order valence-corrected chi connectivity index (χ1v) is 17.6. The molecule has 8 aromatic rings.